The van der Waals surface area contributed by atoms with E-state index < -0.39 is 26.3 Å². The van der Waals surface area contributed by atoms with E-state index in [1.54, 1.807) is 13.8 Å². The first-order valence-electron chi connectivity index (χ1n) is 6.32. The van der Waals surface area contributed by atoms with Crippen molar-refractivity contribution >= 4 is 20.9 Å². The van der Waals surface area contributed by atoms with Crippen molar-refractivity contribution in [1.29, 1.82) is 0 Å². The Kier molecular flexibility index (Phi) is 2.40. The minimum absolute atomic E-state index is 0.0499. The van der Waals surface area contributed by atoms with E-state index in [0.29, 0.717) is 12.8 Å². The van der Waals surface area contributed by atoms with Crippen molar-refractivity contribution in [2.45, 2.75) is 38.0 Å². The Labute approximate surface area is 106 Å². The summed E-state index contributed by atoms with van der Waals surface area (Å²) in [6.07, 6.45) is 0.670. The highest BCUT2D eigenvalue weighted by Crippen LogP contribution is 2.57. The van der Waals surface area contributed by atoms with Gasteiger partial charge in [0.2, 0.25) is 15.0 Å². The second-order valence-electron chi connectivity index (χ2n) is 5.89. The highest BCUT2D eigenvalue weighted by Gasteiger charge is 2.68. The van der Waals surface area contributed by atoms with Crippen molar-refractivity contribution in [3.63, 3.8) is 0 Å². The summed E-state index contributed by atoms with van der Waals surface area (Å²) in [5.41, 5.74) is 0. The van der Waals surface area contributed by atoms with E-state index in [1.165, 1.54) is 0 Å². The predicted octanol–water partition coefficient (Wildman–Crippen LogP) is 0.534. The number of carbonyl (C=O) groups excluding carboxylic acids is 2. The van der Waals surface area contributed by atoms with Crippen molar-refractivity contribution in [2.75, 3.05) is 0 Å². The standard InChI is InChI=1S/C12H16O5S/c1-5(2)11(13)17-9-6-3-7-8(4-6)12(14)18(15,16)10(7)9/h5-10H,3-4H2,1-2H3. The molecule has 6 heteroatoms. The summed E-state index contributed by atoms with van der Waals surface area (Å²) in [5.74, 6) is -1.05. The van der Waals surface area contributed by atoms with Crippen LogP contribution < -0.4 is 0 Å². The molecule has 5 unspecified atom stereocenters. The number of esters is 1. The van der Waals surface area contributed by atoms with Crippen LogP contribution in [0.15, 0.2) is 0 Å². The Bertz CT molecular complexity index is 521. The third-order valence-electron chi connectivity index (χ3n) is 4.52. The number of hydrogen-bond donors (Lipinski definition) is 0. The molecule has 1 heterocycles. The molecule has 0 aromatic heterocycles. The fourth-order valence-corrected chi connectivity index (χ4v) is 6.06. The van der Waals surface area contributed by atoms with E-state index in [4.69, 9.17) is 4.74 Å². The van der Waals surface area contributed by atoms with Crippen molar-refractivity contribution in [3.8, 4) is 0 Å². The highest BCUT2D eigenvalue weighted by atomic mass is 32.2. The fourth-order valence-electron chi connectivity index (χ4n) is 3.71. The average molecular weight is 272 g/mol. The monoisotopic (exact) mass is 272 g/mol. The second kappa shape index (κ2) is 3.56. The van der Waals surface area contributed by atoms with Gasteiger partial charge in [0.15, 0.2) is 0 Å². The molecule has 0 aromatic rings. The number of hydrogen-bond acceptors (Lipinski definition) is 5. The van der Waals surface area contributed by atoms with Gasteiger partial charge in [-0.25, -0.2) is 8.42 Å². The molecule has 0 spiro atoms. The SMILES string of the molecule is CC(C)C(=O)OC1C2CC3C(=O)S(=O)(=O)C1C3C2. The average Bonchev–Trinajstić information content (AvgIpc) is 2.87. The van der Waals surface area contributed by atoms with Gasteiger partial charge in [-0.1, -0.05) is 13.8 Å². The van der Waals surface area contributed by atoms with Gasteiger partial charge >= 0.3 is 5.97 Å². The van der Waals surface area contributed by atoms with Gasteiger partial charge in [-0.05, 0) is 24.7 Å². The molecule has 100 valence electrons. The molecule has 0 amide bonds. The lowest BCUT2D eigenvalue weighted by atomic mass is 9.88. The summed E-state index contributed by atoms with van der Waals surface area (Å²) in [7, 11) is -3.75. The van der Waals surface area contributed by atoms with Crippen molar-refractivity contribution in [1.82, 2.24) is 0 Å². The predicted molar refractivity (Wildman–Crippen MR) is 62.1 cm³/mol. The molecule has 18 heavy (non-hydrogen) atoms. The van der Waals surface area contributed by atoms with Crippen LogP contribution in [0.1, 0.15) is 26.7 Å². The molecule has 2 bridgehead atoms. The van der Waals surface area contributed by atoms with Gasteiger partial charge in [0.05, 0.1) is 5.92 Å². The van der Waals surface area contributed by atoms with E-state index in [9.17, 15) is 18.0 Å². The van der Waals surface area contributed by atoms with E-state index in [-0.39, 0.29) is 29.6 Å². The molecule has 0 aromatic carbocycles. The molecule has 0 N–H and O–H groups in total. The summed E-state index contributed by atoms with van der Waals surface area (Å²) in [6.45, 7) is 3.43. The van der Waals surface area contributed by atoms with Gasteiger partial charge in [-0.3, -0.25) is 9.59 Å². The number of rotatable bonds is 2. The molecule has 5 atom stereocenters. The van der Waals surface area contributed by atoms with Crippen LogP contribution in [-0.2, 0) is 24.2 Å². The van der Waals surface area contributed by atoms with E-state index in [1.807, 2.05) is 0 Å². The van der Waals surface area contributed by atoms with Gasteiger partial charge in [-0.2, -0.15) is 0 Å². The van der Waals surface area contributed by atoms with Crippen LogP contribution in [-0.4, -0.2) is 30.9 Å². The Morgan fingerprint density at radius 3 is 2.61 bits per heavy atom. The topological polar surface area (TPSA) is 77.5 Å². The maximum absolute atomic E-state index is 12.0. The Balaban J connectivity index is 1.91. The molecular formula is C12H16O5S. The van der Waals surface area contributed by atoms with Crippen LogP contribution in [0.5, 0.6) is 0 Å². The first-order valence-corrected chi connectivity index (χ1v) is 7.87. The maximum atomic E-state index is 12.0. The van der Waals surface area contributed by atoms with Gasteiger partial charge < -0.3 is 4.74 Å². The summed E-state index contributed by atoms with van der Waals surface area (Å²) >= 11 is 0. The second-order valence-corrected chi connectivity index (χ2v) is 7.92. The minimum atomic E-state index is -3.75. The largest absolute Gasteiger partial charge is 0.460 e. The molecule has 3 fully saturated rings. The van der Waals surface area contributed by atoms with Crippen molar-refractivity contribution < 1.29 is 22.7 Å². The summed E-state index contributed by atoms with van der Waals surface area (Å²) in [4.78, 5) is 23.4. The normalized spacial score (nSPS) is 43.7. The Hall–Kier alpha value is -0.910. The number of ether oxygens (including phenoxy) is 1. The van der Waals surface area contributed by atoms with Crippen LogP contribution in [0.25, 0.3) is 0 Å². The zero-order chi connectivity index (χ0) is 13.2. The van der Waals surface area contributed by atoms with E-state index >= 15 is 0 Å². The van der Waals surface area contributed by atoms with Crippen LogP contribution in [0.2, 0.25) is 0 Å². The lowest BCUT2D eigenvalue weighted by Crippen LogP contribution is -2.39. The quantitative estimate of drug-likeness (QED) is 0.685. The summed E-state index contributed by atoms with van der Waals surface area (Å²) in [6, 6.07) is 0. The highest BCUT2D eigenvalue weighted by molar-refractivity contribution is 8.07. The fraction of sp³-hybridized carbons (Fsp3) is 0.833. The van der Waals surface area contributed by atoms with Gasteiger partial charge in [0.1, 0.15) is 11.4 Å². The number of carbonyl (C=O) groups is 2. The molecule has 2 aliphatic carbocycles. The summed E-state index contributed by atoms with van der Waals surface area (Å²) in [5, 5.41) is -1.39. The van der Waals surface area contributed by atoms with Gasteiger partial charge in [0, 0.05) is 5.92 Å². The van der Waals surface area contributed by atoms with Crippen LogP contribution in [0.4, 0.5) is 0 Å². The zero-order valence-corrected chi connectivity index (χ0v) is 11.1. The van der Waals surface area contributed by atoms with Crippen LogP contribution >= 0.6 is 0 Å². The zero-order valence-electron chi connectivity index (χ0n) is 10.3. The molecule has 1 aliphatic heterocycles. The molecule has 3 rings (SSSR count). The molecular weight excluding hydrogens is 256 g/mol. The lowest BCUT2D eigenvalue weighted by Gasteiger charge is -2.26. The third-order valence-corrected chi connectivity index (χ3v) is 6.72. The summed E-state index contributed by atoms with van der Waals surface area (Å²) < 4.78 is 29.4. The minimum Gasteiger partial charge on any atom is -0.460 e. The first kappa shape index (κ1) is 12.1. The molecule has 3 aliphatic rings. The molecule has 1 saturated heterocycles. The first-order chi connectivity index (χ1) is 8.34. The Morgan fingerprint density at radius 2 is 2.00 bits per heavy atom. The molecule has 0 radical (unpaired) electrons. The van der Waals surface area contributed by atoms with E-state index in [0.717, 1.165) is 0 Å². The van der Waals surface area contributed by atoms with Crippen molar-refractivity contribution in [3.05, 3.63) is 0 Å². The maximum Gasteiger partial charge on any atom is 0.308 e. The lowest BCUT2D eigenvalue weighted by molar-refractivity contribution is -0.155. The van der Waals surface area contributed by atoms with Crippen molar-refractivity contribution in [2.24, 2.45) is 23.7 Å². The Morgan fingerprint density at radius 1 is 1.33 bits per heavy atom. The molecule has 2 saturated carbocycles. The molecule has 5 nitrogen and oxygen atoms in total. The van der Waals surface area contributed by atoms with Crippen LogP contribution in [0.3, 0.4) is 0 Å². The number of fused-ring (bicyclic) bond motifs is 1. The van der Waals surface area contributed by atoms with Gasteiger partial charge in [-0.15, -0.1) is 0 Å². The van der Waals surface area contributed by atoms with Gasteiger partial charge in [0.25, 0.3) is 0 Å². The van der Waals surface area contributed by atoms with Crippen LogP contribution in [0, 0.1) is 23.7 Å². The number of sulfone groups is 1. The van der Waals surface area contributed by atoms with E-state index in [2.05, 4.69) is 0 Å². The third kappa shape index (κ3) is 1.35. The smallest absolute Gasteiger partial charge is 0.308 e.